The highest BCUT2D eigenvalue weighted by atomic mass is 32.2. The summed E-state index contributed by atoms with van der Waals surface area (Å²) < 4.78 is 29.3. The maximum atomic E-state index is 12.9. The Kier molecular flexibility index (Phi) is 5.37. The highest BCUT2D eigenvalue weighted by Gasteiger charge is 2.26. The third-order valence-electron chi connectivity index (χ3n) is 5.72. The number of piperidine rings is 1. The molecule has 0 spiro atoms. The molecule has 1 aliphatic rings. The molecular weight excluding hydrogens is 442 g/mol. The van der Waals surface area contributed by atoms with E-state index < -0.39 is 10.0 Å². The Morgan fingerprint density at radius 3 is 2.59 bits per heavy atom. The number of aromatic nitrogens is 3. The highest BCUT2D eigenvalue weighted by molar-refractivity contribution is 7.99. The number of pyridine rings is 2. The fourth-order valence-electron chi connectivity index (χ4n) is 4.07. The SMILES string of the molecule is Cc1cc(Sc2ccc(S(=O)(=O)N3CCCCC3)cn2)n2c(nc3ccccc32)c1C#N. The number of para-hydroxylation sites is 2. The number of rotatable bonds is 4. The van der Waals surface area contributed by atoms with E-state index in [4.69, 9.17) is 0 Å². The topological polar surface area (TPSA) is 91.4 Å². The molecule has 1 fully saturated rings. The van der Waals surface area contributed by atoms with Crippen molar-refractivity contribution in [2.45, 2.75) is 41.1 Å². The van der Waals surface area contributed by atoms with E-state index in [0.717, 1.165) is 40.9 Å². The van der Waals surface area contributed by atoms with Gasteiger partial charge in [-0.1, -0.05) is 30.3 Å². The number of aryl methyl sites for hydroxylation is 1. The van der Waals surface area contributed by atoms with Gasteiger partial charge in [-0.05, 0) is 55.7 Å². The van der Waals surface area contributed by atoms with E-state index in [2.05, 4.69) is 16.0 Å². The van der Waals surface area contributed by atoms with E-state index in [-0.39, 0.29) is 4.90 Å². The van der Waals surface area contributed by atoms with Gasteiger partial charge in [0, 0.05) is 19.3 Å². The van der Waals surface area contributed by atoms with Gasteiger partial charge in [0.25, 0.3) is 0 Å². The Morgan fingerprint density at radius 2 is 1.88 bits per heavy atom. The number of hydrogen-bond acceptors (Lipinski definition) is 6. The normalized spacial score (nSPS) is 15.2. The molecule has 3 aromatic heterocycles. The zero-order chi connectivity index (χ0) is 22.3. The van der Waals surface area contributed by atoms with Crippen molar-refractivity contribution in [1.82, 2.24) is 18.7 Å². The first-order valence-corrected chi connectivity index (χ1v) is 12.7. The standard InChI is InChI=1S/C23H21N5O2S2/c1-16-13-22(28-20-8-4-3-7-19(20)26-23(28)18(16)14-24)31-21-10-9-17(15-25-21)32(29,30)27-11-5-2-6-12-27/h3-4,7-10,13,15H,2,5-6,11-12H2,1H3. The lowest BCUT2D eigenvalue weighted by Gasteiger charge is -2.25. The molecule has 0 N–H and O–H groups in total. The molecule has 9 heteroatoms. The van der Waals surface area contributed by atoms with Gasteiger partial charge in [0.05, 0.1) is 21.6 Å². The van der Waals surface area contributed by atoms with Crippen LogP contribution in [0.2, 0.25) is 0 Å². The van der Waals surface area contributed by atoms with Gasteiger partial charge in [0.1, 0.15) is 16.0 Å². The van der Waals surface area contributed by atoms with Gasteiger partial charge in [-0.3, -0.25) is 4.40 Å². The minimum Gasteiger partial charge on any atom is -0.285 e. The third kappa shape index (κ3) is 3.54. The minimum atomic E-state index is -3.51. The van der Waals surface area contributed by atoms with Crippen molar-refractivity contribution < 1.29 is 8.42 Å². The van der Waals surface area contributed by atoms with Gasteiger partial charge < -0.3 is 0 Å². The predicted molar refractivity (Wildman–Crippen MR) is 123 cm³/mol. The first kappa shape index (κ1) is 20.9. The van der Waals surface area contributed by atoms with Crippen LogP contribution < -0.4 is 0 Å². The lowest BCUT2D eigenvalue weighted by Crippen LogP contribution is -2.35. The van der Waals surface area contributed by atoms with Crippen LogP contribution in [0.1, 0.15) is 30.4 Å². The van der Waals surface area contributed by atoms with Crippen molar-refractivity contribution in [3.63, 3.8) is 0 Å². The largest absolute Gasteiger partial charge is 0.285 e. The molecule has 32 heavy (non-hydrogen) atoms. The summed E-state index contributed by atoms with van der Waals surface area (Å²) in [7, 11) is -3.51. The molecule has 0 amide bonds. The summed E-state index contributed by atoms with van der Waals surface area (Å²) in [5.74, 6) is 0. The second-order valence-corrected chi connectivity index (χ2v) is 10.8. The van der Waals surface area contributed by atoms with Gasteiger partial charge in [-0.15, -0.1) is 0 Å². The van der Waals surface area contributed by atoms with Crippen molar-refractivity contribution in [3.05, 3.63) is 59.8 Å². The van der Waals surface area contributed by atoms with Crippen LogP contribution in [0.3, 0.4) is 0 Å². The molecule has 1 saturated heterocycles. The Balaban J connectivity index is 1.53. The molecule has 0 bridgehead atoms. The summed E-state index contributed by atoms with van der Waals surface area (Å²) in [6.45, 7) is 3.02. The third-order valence-corrected chi connectivity index (χ3v) is 8.56. The summed E-state index contributed by atoms with van der Waals surface area (Å²) in [4.78, 5) is 9.33. The van der Waals surface area contributed by atoms with Gasteiger partial charge >= 0.3 is 0 Å². The van der Waals surface area contributed by atoms with E-state index in [0.29, 0.717) is 29.3 Å². The van der Waals surface area contributed by atoms with Crippen LogP contribution >= 0.6 is 11.8 Å². The summed E-state index contributed by atoms with van der Waals surface area (Å²) in [5.41, 5.74) is 3.71. The van der Waals surface area contributed by atoms with E-state index in [1.165, 1.54) is 18.0 Å². The van der Waals surface area contributed by atoms with E-state index >= 15 is 0 Å². The van der Waals surface area contributed by atoms with Crippen molar-refractivity contribution >= 4 is 38.5 Å². The zero-order valence-corrected chi connectivity index (χ0v) is 19.2. The molecule has 7 nitrogen and oxygen atoms in total. The van der Waals surface area contributed by atoms with Crippen LogP contribution in [0.15, 0.2) is 63.6 Å². The van der Waals surface area contributed by atoms with Crippen LogP contribution in [-0.4, -0.2) is 40.2 Å². The van der Waals surface area contributed by atoms with Crippen LogP contribution in [0.25, 0.3) is 16.7 Å². The average Bonchev–Trinajstić information content (AvgIpc) is 3.20. The van der Waals surface area contributed by atoms with Gasteiger partial charge in [0.2, 0.25) is 10.0 Å². The van der Waals surface area contributed by atoms with Crippen LogP contribution in [0.4, 0.5) is 0 Å². The molecule has 0 atom stereocenters. The molecule has 1 aromatic carbocycles. The molecule has 0 saturated carbocycles. The number of benzene rings is 1. The first-order valence-electron chi connectivity index (χ1n) is 10.4. The monoisotopic (exact) mass is 463 g/mol. The van der Waals surface area contributed by atoms with E-state index in [9.17, 15) is 13.7 Å². The molecule has 0 aliphatic carbocycles. The summed E-state index contributed by atoms with van der Waals surface area (Å²) in [6.07, 6.45) is 4.30. The van der Waals surface area contributed by atoms with Gasteiger partial charge in [0.15, 0.2) is 5.65 Å². The summed E-state index contributed by atoms with van der Waals surface area (Å²) in [6, 6.07) is 15.3. The molecule has 4 heterocycles. The van der Waals surface area contributed by atoms with Gasteiger partial charge in [-0.2, -0.15) is 9.57 Å². The lowest BCUT2D eigenvalue weighted by molar-refractivity contribution is 0.346. The van der Waals surface area contributed by atoms with Crippen LogP contribution in [0.5, 0.6) is 0 Å². The lowest BCUT2D eigenvalue weighted by atomic mass is 10.2. The minimum absolute atomic E-state index is 0.220. The second kappa shape index (κ2) is 8.20. The number of sulfonamides is 1. The van der Waals surface area contributed by atoms with Crippen molar-refractivity contribution in [3.8, 4) is 6.07 Å². The molecular formula is C23H21N5O2S2. The highest BCUT2D eigenvalue weighted by Crippen LogP contribution is 2.33. The summed E-state index contributed by atoms with van der Waals surface area (Å²) >= 11 is 1.42. The molecule has 5 rings (SSSR count). The summed E-state index contributed by atoms with van der Waals surface area (Å²) in [5, 5.41) is 11.2. The first-order chi connectivity index (χ1) is 15.5. The smallest absolute Gasteiger partial charge is 0.244 e. The maximum absolute atomic E-state index is 12.9. The number of nitriles is 1. The second-order valence-electron chi connectivity index (χ2n) is 7.81. The number of hydrogen-bond donors (Lipinski definition) is 0. The Bertz CT molecular complexity index is 1460. The number of fused-ring (bicyclic) bond motifs is 3. The Labute approximate surface area is 190 Å². The van der Waals surface area contributed by atoms with Crippen LogP contribution in [0, 0.1) is 18.3 Å². The number of nitrogens with zero attached hydrogens (tertiary/aromatic N) is 5. The van der Waals surface area contributed by atoms with Gasteiger partial charge in [-0.25, -0.2) is 18.4 Å². The molecule has 0 unspecified atom stereocenters. The molecule has 4 aromatic rings. The zero-order valence-electron chi connectivity index (χ0n) is 17.5. The van der Waals surface area contributed by atoms with Crippen molar-refractivity contribution in [2.75, 3.05) is 13.1 Å². The number of imidazole rings is 1. The Morgan fingerprint density at radius 1 is 1.09 bits per heavy atom. The molecule has 1 aliphatic heterocycles. The maximum Gasteiger partial charge on any atom is 0.244 e. The van der Waals surface area contributed by atoms with E-state index in [1.807, 2.05) is 41.7 Å². The molecule has 162 valence electrons. The van der Waals surface area contributed by atoms with Crippen molar-refractivity contribution in [1.29, 1.82) is 5.26 Å². The molecule has 0 radical (unpaired) electrons. The fraction of sp³-hybridized carbons (Fsp3) is 0.261. The Hall–Kier alpha value is -2.93. The fourth-order valence-corrected chi connectivity index (χ4v) is 6.50. The van der Waals surface area contributed by atoms with Crippen LogP contribution in [-0.2, 0) is 10.0 Å². The quantitative estimate of drug-likeness (QED) is 0.446. The van der Waals surface area contributed by atoms with Crippen molar-refractivity contribution in [2.24, 2.45) is 0 Å². The van der Waals surface area contributed by atoms with E-state index in [1.54, 1.807) is 16.4 Å². The predicted octanol–water partition coefficient (Wildman–Crippen LogP) is 4.39. The average molecular weight is 464 g/mol.